The lowest BCUT2D eigenvalue weighted by molar-refractivity contribution is 0.600. The van der Waals surface area contributed by atoms with Gasteiger partial charge in [0.1, 0.15) is 4.90 Å². The number of hydrogen-bond acceptors (Lipinski definition) is 4. The van der Waals surface area contributed by atoms with E-state index in [2.05, 4.69) is 59.2 Å². The van der Waals surface area contributed by atoms with E-state index in [4.69, 9.17) is 0 Å². The number of sulfonamides is 1. The molecule has 2 N–H and O–H groups in total. The highest BCUT2D eigenvalue weighted by molar-refractivity contribution is 9.11. The Hall–Kier alpha value is -2.16. The van der Waals surface area contributed by atoms with E-state index in [9.17, 15) is 8.42 Å². The summed E-state index contributed by atoms with van der Waals surface area (Å²) in [6.07, 6.45) is 0.778. The number of halogens is 2. The molecule has 0 aliphatic carbocycles. The van der Waals surface area contributed by atoms with Gasteiger partial charge in [0.2, 0.25) is 0 Å². The molecule has 148 valence electrons. The van der Waals surface area contributed by atoms with Crippen molar-refractivity contribution in [2.24, 2.45) is 5.10 Å². The zero-order valence-electron chi connectivity index (χ0n) is 15.1. The summed E-state index contributed by atoms with van der Waals surface area (Å²) in [4.78, 5) is 0.172. The molecule has 1 aliphatic heterocycles. The first-order valence-corrected chi connectivity index (χ1v) is 11.9. The topological polar surface area (TPSA) is 70.6 Å². The predicted molar refractivity (Wildman–Crippen MR) is 123 cm³/mol. The lowest BCUT2D eigenvalue weighted by Gasteiger charge is -2.11. The molecule has 0 amide bonds. The second-order valence-corrected chi connectivity index (χ2v) is 10.0. The van der Waals surface area contributed by atoms with Gasteiger partial charge >= 0.3 is 0 Å². The van der Waals surface area contributed by atoms with Crippen molar-refractivity contribution in [3.05, 3.63) is 92.9 Å². The first-order valence-electron chi connectivity index (χ1n) is 8.88. The van der Waals surface area contributed by atoms with Crippen LogP contribution in [0.4, 0.5) is 5.69 Å². The summed E-state index contributed by atoms with van der Waals surface area (Å²) in [5, 5.41) is 4.45. The number of hydrogen-bond donors (Lipinski definition) is 2. The number of rotatable bonds is 5. The van der Waals surface area contributed by atoms with Crippen molar-refractivity contribution in [1.82, 2.24) is 5.43 Å². The van der Waals surface area contributed by atoms with Crippen molar-refractivity contribution in [2.45, 2.75) is 17.4 Å². The summed E-state index contributed by atoms with van der Waals surface area (Å²) in [5.41, 5.74) is 6.76. The minimum Gasteiger partial charge on any atom is -0.302 e. The van der Waals surface area contributed by atoms with E-state index in [1.54, 1.807) is 30.3 Å². The Bertz CT molecular complexity index is 1160. The molecule has 4 rings (SSSR count). The highest BCUT2D eigenvalue weighted by Crippen LogP contribution is 2.28. The average molecular weight is 535 g/mol. The molecule has 0 spiro atoms. The zero-order chi connectivity index (χ0) is 20.4. The highest BCUT2D eigenvalue weighted by atomic mass is 79.9. The molecule has 1 unspecified atom stereocenters. The average Bonchev–Trinajstić information content (AvgIpc) is 3.21. The van der Waals surface area contributed by atoms with Crippen LogP contribution >= 0.6 is 31.9 Å². The fourth-order valence-corrected chi connectivity index (χ4v) is 5.69. The van der Waals surface area contributed by atoms with Crippen molar-refractivity contribution < 1.29 is 8.42 Å². The van der Waals surface area contributed by atoms with Gasteiger partial charge in [0.25, 0.3) is 10.0 Å². The van der Waals surface area contributed by atoms with Crippen LogP contribution in [0.5, 0.6) is 0 Å². The van der Waals surface area contributed by atoms with E-state index in [1.807, 2.05) is 30.3 Å². The van der Waals surface area contributed by atoms with Gasteiger partial charge in [-0.15, -0.1) is 0 Å². The fourth-order valence-electron chi connectivity index (χ4n) is 3.12. The summed E-state index contributed by atoms with van der Waals surface area (Å²) < 4.78 is 29.3. The molecule has 29 heavy (non-hydrogen) atoms. The Morgan fingerprint density at radius 2 is 1.69 bits per heavy atom. The molecule has 1 atom stereocenters. The van der Waals surface area contributed by atoms with Crippen LogP contribution in [0.15, 0.2) is 91.7 Å². The second-order valence-electron chi connectivity index (χ2n) is 6.61. The van der Waals surface area contributed by atoms with Crippen molar-refractivity contribution in [2.75, 3.05) is 4.72 Å². The van der Waals surface area contributed by atoms with Gasteiger partial charge in [-0.05, 0) is 57.4 Å². The van der Waals surface area contributed by atoms with Gasteiger partial charge in [-0.2, -0.15) is 5.10 Å². The first kappa shape index (κ1) is 20.1. The maximum Gasteiger partial charge on any atom is 0.263 e. The summed E-state index contributed by atoms with van der Waals surface area (Å²) in [6.45, 7) is 0. The fraction of sp³-hybridized carbons (Fsp3) is 0.0952. The lowest BCUT2D eigenvalue weighted by Crippen LogP contribution is -2.13. The number of benzene rings is 3. The van der Waals surface area contributed by atoms with E-state index in [0.717, 1.165) is 17.7 Å². The minimum atomic E-state index is -3.71. The van der Waals surface area contributed by atoms with E-state index in [1.165, 1.54) is 5.56 Å². The van der Waals surface area contributed by atoms with Crippen LogP contribution in [-0.2, 0) is 10.0 Å². The highest BCUT2D eigenvalue weighted by Gasteiger charge is 2.22. The maximum atomic E-state index is 12.7. The Balaban J connectivity index is 1.48. The number of hydrazone groups is 1. The Labute approximate surface area is 186 Å². The van der Waals surface area contributed by atoms with Gasteiger partial charge in [0.05, 0.1) is 11.8 Å². The Morgan fingerprint density at radius 1 is 0.966 bits per heavy atom. The molecule has 0 bridgehead atoms. The number of anilines is 1. The van der Waals surface area contributed by atoms with Crippen molar-refractivity contribution in [1.29, 1.82) is 0 Å². The standard InChI is InChI=1S/C21H17Br2N3O2S/c22-16-8-11-18(23)21(12-16)29(27,28)26-17-9-6-15(7-10-17)20-13-19(24-25-20)14-4-2-1-3-5-14/h1-12,19,24,26H,13H2. The molecule has 3 aromatic rings. The van der Waals surface area contributed by atoms with Crippen molar-refractivity contribution >= 4 is 53.3 Å². The molecule has 0 fully saturated rings. The molecule has 0 saturated heterocycles. The van der Waals surface area contributed by atoms with Crippen LogP contribution in [0.25, 0.3) is 0 Å². The number of nitrogens with one attached hydrogen (secondary N) is 2. The SMILES string of the molecule is O=S(=O)(Nc1ccc(C2=NNC(c3ccccc3)C2)cc1)c1cc(Br)ccc1Br. The molecular weight excluding hydrogens is 518 g/mol. The molecule has 8 heteroatoms. The third kappa shape index (κ3) is 4.55. The van der Waals surface area contributed by atoms with Crippen molar-refractivity contribution in [3.63, 3.8) is 0 Å². The van der Waals surface area contributed by atoms with Crippen LogP contribution in [0, 0.1) is 0 Å². The third-order valence-electron chi connectivity index (χ3n) is 4.61. The summed E-state index contributed by atoms with van der Waals surface area (Å²) in [6, 6.07) is 22.6. The van der Waals surface area contributed by atoms with Crippen LogP contribution in [0.1, 0.15) is 23.6 Å². The monoisotopic (exact) mass is 533 g/mol. The van der Waals surface area contributed by atoms with Gasteiger partial charge in [-0.1, -0.05) is 58.4 Å². The van der Waals surface area contributed by atoms with Crippen LogP contribution in [0.3, 0.4) is 0 Å². The molecule has 1 aliphatic rings. The van der Waals surface area contributed by atoms with Gasteiger partial charge in [-0.25, -0.2) is 8.42 Å². The van der Waals surface area contributed by atoms with Gasteiger partial charge in [0, 0.05) is 21.1 Å². The molecule has 3 aromatic carbocycles. The predicted octanol–water partition coefficient (Wildman–Crippen LogP) is 5.45. The van der Waals surface area contributed by atoms with Crippen LogP contribution < -0.4 is 10.1 Å². The minimum absolute atomic E-state index is 0.151. The number of nitrogens with zero attached hydrogens (tertiary/aromatic N) is 1. The summed E-state index contributed by atoms with van der Waals surface area (Å²) in [5.74, 6) is 0. The zero-order valence-corrected chi connectivity index (χ0v) is 19.1. The van der Waals surface area contributed by atoms with Crippen LogP contribution in [-0.4, -0.2) is 14.1 Å². The van der Waals surface area contributed by atoms with E-state index in [0.29, 0.717) is 14.6 Å². The Kier molecular flexibility index (Phi) is 5.76. The van der Waals surface area contributed by atoms with Crippen molar-refractivity contribution in [3.8, 4) is 0 Å². The summed E-state index contributed by atoms with van der Waals surface area (Å²) in [7, 11) is -3.71. The first-order chi connectivity index (χ1) is 13.9. The maximum absolute atomic E-state index is 12.7. The third-order valence-corrected chi connectivity index (χ3v) is 7.48. The van der Waals surface area contributed by atoms with Gasteiger partial charge in [-0.3, -0.25) is 4.72 Å². The summed E-state index contributed by atoms with van der Waals surface area (Å²) >= 11 is 6.61. The quantitative estimate of drug-likeness (QED) is 0.457. The molecule has 5 nitrogen and oxygen atoms in total. The molecule has 1 heterocycles. The van der Waals surface area contributed by atoms with E-state index >= 15 is 0 Å². The van der Waals surface area contributed by atoms with Gasteiger partial charge < -0.3 is 5.43 Å². The molecule has 0 radical (unpaired) electrons. The smallest absolute Gasteiger partial charge is 0.263 e. The Morgan fingerprint density at radius 3 is 2.41 bits per heavy atom. The largest absolute Gasteiger partial charge is 0.302 e. The van der Waals surface area contributed by atoms with E-state index < -0.39 is 10.0 Å². The molecule has 0 aromatic heterocycles. The van der Waals surface area contributed by atoms with E-state index in [-0.39, 0.29) is 10.9 Å². The molecule has 0 saturated carbocycles. The lowest BCUT2D eigenvalue weighted by atomic mass is 9.99. The molecular formula is C21H17Br2N3O2S. The second kappa shape index (κ2) is 8.30. The van der Waals surface area contributed by atoms with Crippen LogP contribution in [0.2, 0.25) is 0 Å². The van der Waals surface area contributed by atoms with Gasteiger partial charge in [0.15, 0.2) is 0 Å². The normalized spacial score (nSPS) is 16.2.